The van der Waals surface area contributed by atoms with E-state index in [4.69, 9.17) is 5.73 Å². The molecule has 0 bridgehead atoms. The number of nitrogens with zero attached hydrogens (tertiary/aromatic N) is 1. The van der Waals surface area contributed by atoms with Gasteiger partial charge < -0.3 is 5.73 Å². The number of benzene rings is 3. The van der Waals surface area contributed by atoms with Gasteiger partial charge in [-0.3, -0.25) is 4.79 Å². The van der Waals surface area contributed by atoms with E-state index in [2.05, 4.69) is 10.5 Å². The molecule has 3 aromatic carbocycles. The molecule has 3 N–H and O–H groups in total. The summed E-state index contributed by atoms with van der Waals surface area (Å²) in [7, 11) is 0. The summed E-state index contributed by atoms with van der Waals surface area (Å²) < 4.78 is 0. The Morgan fingerprint density at radius 2 is 1.68 bits per heavy atom. The van der Waals surface area contributed by atoms with Crippen molar-refractivity contribution >= 4 is 28.6 Å². The van der Waals surface area contributed by atoms with E-state index in [9.17, 15) is 4.79 Å². The Morgan fingerprint density at radius 1 is 0.955 bits per heavy atom. The highest BCUT2D eigenvalue weighted by Crippen LogP contribution is 2.16. The Labute approximate surface area is 128 Å². The quantitative estimate of drug-likeness (QED) is 0.442. The molecule has 0 atom stereocenters. The van der Waals surface area contributed by atoms with Crippen LogP contribution < -0.4 is 11.2 Å². The van der Waals surface area contributed by atoms with Crippen LogP contribution in [0.4, 0.5) is 5.69 Å². The normalized spacial score (nSPS) is 10.9. The minimum atomic E-state index is -0.324. The van der Waals surface area contributed by atoms with Gasteiger partial charge in [-0.05, 0) is 22.9 Å². The van der Waals surface area contributed by atoms with E-state index in [1.165, 1.54) is 0 Å². The van der Waals surface area contributed by atoms with Crippen molar-refractivity contribution in [2.24, 2.45) is 5.10 Å². The molecule has 0 aliphatic heterocycles. The molecule has 0 saturated heterocycles. The second kappa shape index (κ2) is 6.10. The van der Waals surface area contributed by atoms with Gasteiger partial charge in [0, 0.05) is 11.3 Å². The third-order valence-corrected chi connectivity index (χ3v) is 3.40. The molecular formula is C18H15N3O. The average molecular weight is 289 g/mol. The number of hydrogen-bond donors (Lipinski definition) is 2. The number of hydrazone groups is 1. The van der Waals surface area contributed by atoms with Crippen molar-refractivity contribution in [3.63, 3.8) is 0 Å². The molecule has 1 amide bonds. The van der Waals surface area contributed by atoms with Crippen LogP contribution >= 0.6 is 0 Å². The number of nitrogens with two attached hydrogens (primary N) is 1. The molecule has 0 radical (unpaired) electrons. The van der Waals surface area contributed by atoms with Gasteiger partial charge in [0.1, 0.15) is 0 Å². The van der Waals surface area contributed by atoms with Gasteiger partial charge in [-0.2, -0.15) is 5.10 Å². The smallest absolute Gasteiger partial charge is 0.273 e. The maximum absolute atomic E-state index is 12.0. The van der Waals surface area contributed by atoms with Gasteiger partial charge in [0.25, 0.3) is 5.91 Å². The minimum Gasteiger partial charge on any atom is -0.398 e. The van der Waals surface area contributed by atoms with Gasteiger partial charge in [-0.25, -0.2) is 5.43 Å². The van der Waals surface area contributed by atoms with Crippen molar-refractivity contribution in [2.75, 3.05) is 5.73 Å². The standard InChI is InChI=1S/C18H15N3O/c19-17-11-4-3-10-16(17)18(22)21-20-12-14-8-5-7-13-6-1-2-9-15(13)14/h1-12H,19H2,(H,21,22)/b20-12-. The Morgan fingerprint density at radius 3 is 2.55 bits per heavy atom. The van der Waals surface area contributed by atoms with Crippen LogP contribution in [0.3, 0.4) is 0 Å². The summed E-state index contributed by atoms with van der Waals surface area (Å²) >= 11 is 0. The van der Waals surface area contributed by atoms with E-state index >= 15 is 0 Å². The SMILES string of the molecule is Nc1ccccc1C(=O)N/N=C\c1cccc2ccccc12. The fraction of sp³-hybridized carbons (Fsp3) is 0. The zero-order valence-electron chi connectivity index (χ0n) is 11.9. The first-order valence-electron chi connectivity index (χ1n) is 6.91. The number of nitrogen functional groups attached to an aromatic ring is 1. The van der Waals surface area contributed by atoms with Crippen LogP contribution in [-0.4, -0.2) is 12.1 Å². The first-order chi connectivity index (χ1) is 10.8. The van der Waals surface area contributed by atoms with Crippen LogP contribution in [0, 0.1) is 0 Å². The lowest BCUT2D eigenvalue weighted by atomic mass is 10.1. The number of nitrogens with one attached hydrogen (secondary N) is 1. The van der Waals surface area contributed by atoms with Crippen molar-refractivity contribution in [2.45, 2.75) is 0 Å². The summed E-state index contributed by atoms with van der Waals surface area (Å²) in [5, 5.41) is 6.24. The predicted octanol–water partition coefficient (Wildman–Crippen LogP) is 3.19. The van der Waals surface area contributed by atoms with Crippen molar-refractivity contribution in [1.82, 2.24) is 5.43 Å². The molecule has 108 valence electrons. The summed E-state index contributed by atoms with van der Waals surface area (Å²) in [5.74, 6) is -0.324. The summed E-state index contributed by atoms with van der Waals surface area (Å²) in [6, 6.07) is 20.9. The number of amides is 1. The molecule has 0 unspecified atom stereocenters. The van der Waals surface area contributed by atoms with Gasteiger partial charge in [-0.15, -0.1) is 0 Å². The van der Waals surface area contributed by atoms with Crippen molar-refractivity contribution in [3.05, 3.63) is 77.9 Å². The number of fused-ring (bicyclic) bond motifs is 1. The molecule has 0 heterocycles. The number of para-hydroxylation sites is 1. The molecule has 22 heavy (non-hydrogen) atoms. The molecule has 0 aliphatic carbocycles. The summed E-state index contributed by atoms with van der Waals surface area (Å²) in [6.07, 6.45) is 1.64. The molecule has 4 nitrogen and oxygen atoms in total. The third-order valence-electron chi connectivity index (χ3n) is 3.40. The zero-order chi connectivity index (χ0) is 15.4. The van der Waals surface area contributed by atoms with Crippen LogP contribution in [0.5, 0.6) is 0 Å². The number of anilines is 1. The molecule has 0 saturated carbocycles. The molecule has 3 rings (SSSR count). The van der Waals surface area contributed by atoms with Crippen LogP contribution in [0.15, 0.2) is 71.8 Å². The number of carbonyl (C=O) groups excluding carboxylic acids is 1. The predicted molar refractivity (Wildman–Crippen MR) is 89.9 cm³/mol. The summed E-state index contributed by atoms with van der Waals surface area (Å²) in [5.41, 5.74) is 10.1. The Kier molecular flexibility index (Phi) is 3.83. The lowest BCUT2D eigenvalue weighted by molar-refractivity contribution is 0.0956. The zero-order valence-corrected chi connectivity index (χ0v) is 11.9. The molecular weight excluding hydrogens is 274 g/mol. The molecule has 4 heteroatoms. The Hall–Kier alpha value is -3.14. The van der Waals surface area contributed by atoms with E-state index in [0.717, 1.165) is 16.3 Å². The maximum atomic E-state index is 12.0. The molecule has 3 aromatic rings. The first kappa shape index (κ1) is 13.8. The third kappa shape index (κ3) is 2.81. The fourth-order valence-electron chi connectivity index (χ4n) is 2.29. The molecule has 0 fully saturated rings. The van der Waals surface area contributed by atoms with Gasteiger partial charge in [-0.1, -0.05) is 54.6 Å². The molecule has 0 spiro atoms. The number of carbonyl (C=O) groups is 1. The Bertz CT molecular complexity index is 850. The lowest BCUT2D eigenvalue weighted by Gasteiger charge is -2.04. The highest BCUT2D eigenvalue weighted by molar-refractivity contribution is 6.02. The van der Waals surface area contributed by atoms with E-state index in [-0.39, 0.29) is 5.91 Å². The summed E-state index contributed by atoms with van der Waals surface area (Å²) in [6.45, 7) is 0. The second-order valence-electron chi connectivity index (χ2n) is 4.85. The highest BCUT2D eigenvalue weighted by atomic mass is 16.2. The van der Waals surface area contributed by atoms with Crippen LogP contribution in [0.25, 0.3) is 10.8 Å². The fourth-order valence-corrected chi connectivity index (χ4v) is 2.29. The molecule has 0 aliphatic rings. The second-order valence-corrected chi connectivity index (χ2v) is 4.85. The van der Waals surface area contributed by atoms with Crippen molar-refractivity contribution in [3.8, 4) is 0 Å². The van der Waals surface area contributed by atoms with E-state index in [0.29, 0.717) is 11.3 Å². The van der Waals surface area contributed by atoms with Gasteiger partial charge >= 0.3 is 0 Å². The topological polar surface area (TPSA) is 67.5 Å². The van der Waals surface area contributed by atoms with Gasteiger partial charge in [0.2, 0.25) is 0 Å². The first-order valence-corrected chi connectivity index (χ1v) is 6.91. The number of rotatable bonds is 3. The highest BCUT2D eigenvalue weighted by Gasteiger charge is 2.07. The minimum absolute atomic E-state index is 0.324. The van der Waals surface area contributed by atoms with Crippen molar-refractivity contribution in [1.29, 1.82) is 0 Å². The van der Waals surface area contributed by atoms with Crippen molar-refractivity contribution < 1.29 is 4.79 Å². The van der Waals surface area contributed by atoms with Crippen LogP contribution in [-0.2, 0) is 0 Å². The molecule has 0 aromatic heterocycles. The largest absolute Gasteiger partial charge is 0.398 e. The van der Waals surface area contributed by atoms with Gasteiger partial charge in [0.05, 0.1) is 11.8 Å². The van der Waals surface area contributed by atoms with E-state index in [1.807, 2.05) is 42.5 Å². The Balaban J connectivity index is 1.80. The van der Waals surface area contributed by atoms with E-state index < -0.39 is 0 Å². The van der Waals surface area contributed by atoms with Gasteiger partial charge in [0.15, 0.2) is 0 Å². The monoisotopic (exact) mass is 289 g/mol. The average Bonchev–Trinajstić information content (AvgIpc) is 2.55. The maximum Gasteiger partial charge on any atom is 0.273 e. The summed E-state index contributed by atoms with van der Waals surface area (Å²) in [4.78, 5) is 12.0. The number of hydrogen-bond acceptors (Lipinski definition) is 3. The van der Waals surface area contributed by atoms with Crippen LogP contribution in [0.2, 0.25) is 0 Å². The van der Waals surface area contributed by atoms with E-state index in [1.54, 1.807) is 30.5 Å². The van der Waals surface area contributed by atoms with Crippen LogP contribution in [0.1, 0.15) is 15.9 Å². The lowest BCUT2D eigenvalue weighted by Crippen LogP contribution is -2.19.